The van der Waals surface area contributed by atoms with E-state index in [0.717, 1.165) is 11.3 Å². The van der Waals surface area contributed by atoms with Gasteiger partial charge in [-0.15, -0.1) is 0 Å². The fourth-order valence-corrected chi connectivity index (χ4v) is 1.39. The molecule has 3 nitrogen and oxygen atoms in total. The Kier molecular flexibility index (Phi) is 2.90. The van der Waals surface area contributed by atoms with Gasteiger partial charge < -0.3 is 11.1 Å². The minimum Gasteiger partial charge on any atom is -0.397 e. The molecule has 0 aromatic heterocycles. The number of rotatable bonds is 1. The van der Waals surface area contributed by atoms with Crippen LogP contribution in [0.4, 0.5) is 11.4 Å². The predicted octanol–water partition coefficient (Wildman–Crippen LogP) is 2.66. The second-order valence-corrected chi connectivity index (χ2v) is 4.69. The van der Waals surface area contributed by atoms with Crippen molar-refractivity contribution in [3.8, 4) is 6.07 Å². The Morgan fingerprint density at radius 1 is 1.33 bits per heavy atom. The lowest BCUT2D eigenvalue weighted by Crippen LogP contribution is -2.27. The van der Waals surface area contributed by atoms with E-state index >= 15 is 0 Å². The molecule has 0 atom stereocenters. The molecule has 1 aromatic rings. The normalized spacial score (nSPS) is 10.9. The van der Waals surface area contributed by atoms with Crippen molar-refractivity contribution in [1.82, 2.24) is 0 Å². The Hall–Kier alpha value is -1.69. The molecule has 0 aliphatic heterocycles. The molecule has 0 heterocycles. The second kappa shape index (κ2) is 3.82. The molecule has 0 fully saturated rings. The zero-order valence-corrected chi connectivity index (χ0v) is 9.68. The molecule has 0 aliphatic rings. The van der Waals surface area contributed by atoms with Crippen LogP contribution in [0.1, 0.15) is 31.9 Å². The van der Waals surface area contributed by atoms with E-state index in [1.807, 2.05) is 6.92 Å². The Bertz CT molecular complexity index is 408. The Morgan fingerprint density at radius 3 is 2.40 bits per heavy atom. The molecule has 1 aromatic carbocycles. The molecule has 0 aliphatic carbocycles. The summed E-state index contributed by atoms with van der Waals surface area (Å²) in [6.07, 6.45) is 0. The molecule has 0 amide bonds. The summed E-state index contributed by atoms with van der Waals surface area (Å²) in [6.45, 7) is 8.09. The number of nitrogens with one attached hydrogen (secondary N) is 1. The summed E-state index contributed by atoms with van der Waals surface area (Å²) in [4.78, 5) is 0. The Balaban J connectivity index is 3.23. The lowest BCUT2D eigenvalue weighted by Gasteiger charge is -2.25. The summed E-state index contributed by atoms with van der Waals surface area (Å²) in [5.74, 6) is 0. The van der Waals surface area contributed by atoms with Crippen LogP contribution in [0.25, 0.3) is 0 Å². The number of nitrogens with two attached hydrogens (primary N) is 1. The average Bonchev–Trinajstić information content (AvgIpc) is 2.11. The molecule has 80 valence electrons. The van der Waals surface area contributed by atoms with E-state index in [-0.39, 0.29) is 5.54 Å². The molecule has 3 heteroatoms. The maximum atomic E-state index is 8.91. The van der Waals surface area contributed by atoms with Crippen LogP contribution in [-0.4, -0.2) is 5.54 Å². The van der Waals surface area contributed by atoms with Gasteiger partial charge in [0, 0.05) is 5.54 Å². The molecule has 1 rings (SSSR count). The lowest BCUT2D eigenvalue weighted by molar-refractivity contribution is 0.633. The monoisotopic (exact) mass is 203 g/mol. The standard InChI is InChI=1S/C12H17N3/c1-8-9(7-13)5-6-10(14)11(8)15-12(2,3)4/h5-6,15H,14H2,1-4H3. The summed E-state index contributed by atoms with van der Waals surface area (Å²) >= 11 is 0. The maximum absolute atomic E-state index is 8.91. The highest BCUT2D eigenvalue weighted by atomic mass is 15.0. The Morgan fingerprint density at radius 2 is 1.93 bits per heavy atom. The lowest BCUT2D eigenvalue weighted by atomic mass is 10.0. The first-order chi connectivity index (χ1) is 6.85. The van der Waals surface area contributed by atoms with Crippen molar-refractivity contribution in [3.63, 3.8) is 0 Å². The highest BCUT2D eigenvalue weighted by Crippen LogP contribution is 2.28. The third kappa shape index (κ3) is 2.63. The van der Waals surface area contributed by atoms with Crippen LogP contribution in [0.2, 0.25) is 0 Å². The van der Waals surface area contributed by atoms with Crippen LogP contribution in [0.3, 0.4) is 0 Å². The smallest absolute Gasteiger partial charge is 0.0995 e. The number of hydrogen-bond acceptors (Lipinski definition) is 3. The SMILES string of the molecule is Cc1c(C#N)ccc(N)c1NC(C)(C)C. The molecular formula is C12H17N3. The van der Waals surface area contributed by atoms with E-state index in [9.17, 15) is 0 Å². The molecule has 0 radical (unpaired) electrons. The first-order valence-electron chi connectivity index (χ1n) is 4.92. The van der Waals surface area contributed by atoms with Crippen molar-refractivity contribution < 1.29 is 0 Å². The van der Waals surface area contributed by atoms with Crippen LogP contribution in [-0.2, 0) is 0 Å². The minimum atomic E-state index is -0.0625. The third-order valence-corrected chi connectivity index (χ3v) is 2.12. The number of nitriles is 1. The van der Waals surface area contributed by atoms with Crippen molar-refractivity contribution in [3.05, 3.63) is 23.3 Å². The topological polar surface area (TPSA) is 61.8 Å². The first-order valence-corrected chi connectivity index (χ1v) is 4.92. The van der Waals surface area contributed by atoms with E-state index in [1.165, 1.54) is 0 Å². The largest absolute Gasteiger partial charge is 0.397 e. The van der Waals surface area contributed by atoms with Crippen LogP contribution < -0.4 is 11.1 Å². The quantitative estimate of drug-likeness (QED) is 0.690. The van der Waals surface area contributed by atoms with Crippen molar-refractivity contribution in [2.45, 2.75) is 33.2 Å². The molecule has 0 spiro atoms. The molecule has 0 saturated heterocycles. The summed E-state index contributed by atoms with van der Waals surface area (Å²) in [5, 5.41) is 12.2. The van der Waals surface area contributed by atoms with E-state index in [1.54, 1.807) is 12.1 Å². The molecule has 0 saturated carbocycles. The van der Waals surface area contributed by atoms with Gasteiger partial charge in [-0.05, 0) is 45.4 Å². The van der Waals surface area contributed by atoms with Crippen LogP contribution in [0.15, 0.2) is 12.1 Å². The van der Waals surface area contributed by atoms with E-state index in [2.05, 4.69) is 32.2 Å². The van der Waals surface area contributed by atoms with Gasteiger partial charge in [-0.3, -0.25) is 0 Å². The van der Waals surface area contributed by atoms with E-state index < -0.39 is 0 Å². The van der Waals surface area contributed by atoms with Crippen molar-refractivity contribution >= 4 is 11.4 Å². The number of nitrogen functional groups attached to an aromatic ring is 1. The molecule has 0 unspecified atom stereocenters. The van der Waals surface area contributed by atoms with Gasteiger partial charge >= 0.3 is 0 Å². The number of anilines is 2. The van der Waals surface area contributed by atoms with Gasteiger partial charge in [0.25, 0.3) is 0 Å². The summed E-state index contributed by atoms with van der Waals surface area (Å²) < 4.78 is 0. The summed E-state index contributed by atoms with van der Waals surface area (Å²) in [5.41, 5.74) is 8.93. The molecule has 3 N–H and O–H groups in total. The second-order valence-electron chi connectivity index (χ2n) is 4.69. The zero-order valence-electron chi connectivity index (χ0n) is 9.68. The van der Waals surface area contributed by atoms with Crippen molar-refractivity contribution in [2.24, 2.45) is 0 Å². The van der Waals surface area contributed by atoms with Gasteiger partial charge in [-0.2, -0.15) is 5.26 Å². The molecular weight excluding hydrogens is 186 g/mol. The van der Waals surface area contributed by atoms with E-state index in [4.69, 9.17) is 11.0 Å². The van der Waals surface area contributed by atoms with Crippen molar-refractivity contribution in [1.29, 1.82) is 5.26 Å². The van der Waals surface area contributed by atoms with E-state index in [0.29, 0.717) is 11.3 Å². The molecule has 15 heavy (non-hydrogen) atoms. The van der Waals surface area contributed by atoms with Gasteiger partial charge in [-0.1, -0.05) is 0 Å². The van der Waals surface area contributed by atoms with Gasteiger partial charge in [-0.25, -0.2) is 0 Å². The maximum Gasteiger partial charge on any atom is 0.0995 e. The van der Waals surface area contributed by atoms with Crippen LogP contribution in [0.5, 0.6) is 0 Å². The highest BCUT2D eigenvalue weighted by molar-refractivity contribution is 5.73. The highest BCUT2D eigenvalue weighted by Gasteiger charge is 2.14. The zero-order chi connectivity index (χ0) is 11.6. The minimum absolute atomic E-state index is 0.0625. The van der Waals surface area contributed by atoms with Crippen LogP contribution >= 0.6 is 0 Å². The van der Waals surface area contributed by atoms with Gasteiger partial charge in [0.15, 0.2) is 0 Å². The summed E-state index contributed by atoms with van der Waals surface area (Å²) in [7, 11) is 0. The fraction of sp³-hybridized carbons (Fsp3) is 0.417. The number of hydrogen-bond donors (Lipinski definition) is 2. The average molecular weight is 203 g/mol. The van der Waals surface area contributed by atoms with Gasteiger partial charge in [0.1, 0.15) is 0 Å². The first kappa shape index (κ1) is 11.4. The summed E-state index contributed by atoms with van der Waals surface area (Å²) in [6, 6.07) is 5.67. The van der Waals surface area contributed by atoms with Gasteiger partial charge in [0.05, 0.1) is 23.0 Å². The fourth-order valence-electron chi connectivity index (χ4n) is 1.39. The third-order valence-electron chi connectivity index (χ3n) is 2.12. The Labute approximate surface area is 90.9 Å². The number of benzene rings is 1. The van der Waals surface area contributed by atoms with Crippen molar-refractivity contribution in [2.75, 3.05) is 11.1 Å². The van der Waals surface area contributed by atoms with Crippen LogP contribution in [0, 0.1) is 18.3 Å². The predicted molar refractivity (Wildman–Crippen MR) is 63.7 cm³/mol. The number of nitrogens with zero attached hydrogens (tertiary/aromatic N) is 1. The molecule has 0 bridgehead atoms. The van der Waals surface area contributed by atoms with Gasteiger partial charge in [0.2, 0.25) is 0 Å².